The van der Waals surface area contributed by atoms with Crippen LogP contribution in [0.15, 0.2) is 45.5 Å². The summed E-state index contributed by atoms with van der Waals surface area (Å²) in [6.45, 7) is 1.64. The highest BCUT2D eigenvalue weighted by molar-refractivity contribution is 9.10. The van der Waals surface area contributed by atoms with Crippen LogP contribution in [0.25, 0.3) is 11.1 Å². The topological polar surface area (TPSA) is 67.5 Å². The van der Waals surface area contributed by atoms with Gasteiger partial charge in [-0.3, -0.25) is 9.59 Å². The number of fused-ring (bicyclic) bond motifs is 1. The third kappa shape index (κ3) is 3.03. The standard InChI is InChI=1S/C19H18BrN3O3/c1-22-14-11-17(20)26-16(14)10-15(22)18(24)21-13-6-4-12(5-7-13)19(25)23-8-2-3-9-23/h4-7,10-11H,2-3,8-9H2,1H3,(H,21,24). The Hall–Kier alpha value is -2.54. The van der Waals surface area contributed by atoms with Gasteiger partial charge in [-0.05, 0) is 53.0 Å². The van der Waals surface area contributed by atoms with E-state index in [0.29, 0.717) is 27.2 Å². The maximum Gasteiger partial charge on any atom is 0.272 e. The molecule has 0 saturated carbocycles. The molecule has 0 unspecified atom stereocenters. The minimum Gasteiger partial charge on any atom is -0.448 e. The number of anilines is 1. The lowest BCUT2D eigenvalue weighted by Gasteiger charge is -2.15. The lowest BCUT2D eigenvalue weighted by molar-refractivity contribution is 0.0792. The van der Waals surface area contributed by atoms with Crippen molar-refractivity contribution in [1.29, 1.82) is 0 Å². The number of likely N-dealkylation sites (tertiary alicyclic amines) is 1. The van der Waals surface area contributed by atoms with Crippen LogP contribution in [0.1, 0.15) is 33.7 Å². The van der Waals surface area contributed by atoms with Gasteiger partial charge in [-0.15, -0.1) is 0 Å². The molecule has 3 aromatic rings. The molecule has 1 saturated heterocycles. The number of hydrogen-bond acceptors (Lipinski definition) is 3. The van der Waals surface area contributed by atoms with Crippen molar-refractivity contribution in [3.8, 4) is 0 Å². The van der Waals surface area contributed by atoms with Crippen LogP contribution in [0.5, 0.6) is 0 Å². The largest absolute Gasteiger partial charge is 0.448 e. The van der Waals surface area contributed by atoms with Crippen LogP contribution in [0.4, 0.5) is 5.69 Å². The molecule has 6 nitrogen and oxygen atoms in total. The highest BCUT2D eigenvalue weighted by Crippen LogP contribution is 2.26. The predicted octanol–water partition coefficient (Wildman–Crippen LogP) is 4.02. The van der Waals surface area contributed by atoms with Gasteiger partial charge in [-0.25, -0.2) is 0 Å². The second-order valence-corrected chi connectivity index (χ2v) is 7.20. The summed E-state index contributed by atoms with van der Waals surface area (Å²) in [4.78, 5) is 26.8. The number of amides is 2. The van der Waals surface area contributed by atoms with E-state index in [0.717, 1.165) is 31.4 Å². The van der Waals surface area contributed by atoms with Crippen LogP contribution in [0, 0.1) is 0 Å². The fraction of sp³-hybridized carbons (Fsp3) is 0.263. The molecule has 26 heavy (non-hydrogen) atoms. The zero-order chi connectivity index (χ0) is 18.3. The first-order valence-corrected chi connectivity index (χ1v) is 9.28. The van der Waals surface area contributed by atoms with Gasteiger partial charge in [0.15, 0.2) is 10.3 Å². The fourth-order valence-electron chi connectivity index (χ4n) is 3.29. The molecule has 2 aromatic heterocycles. The summed E-state index contributed by atoms with van der Waals surface area (Å²) >= 11 is 3.28. The fourth-order valence-corrected chi connectivity index (χ4v) is 3.68. The van der Waals surface area contributed by atoms with Gasteiger partial charge < -0.3 is 19.2 Å². The van der Waals surface area contributed by atoms with Gasteiger partial charge >= 0.3 is 0 Å². The monoisotopic (exact) mass is 415 g/mol. The first-order chi connectivity index (χ1) is 12.5. The van der Waals surface area contributed by atoms with Crippen LogP contribution in [-0.4, -0.2) is 34.4 Å². The van der Waals surface area contributed by atoms with E-state index < -0.39 is 0 Å². The Morgan fingerprint density at radius 1 is 1.12 bits per heavy atom. The van der Waals surface area contributed by atoms with Gasteiger partial charge in [-0.2, -0.15) is 0 Å². The van der Waals surface area contributed by atoms with Crippen molar-refractivity contribution in [2.45, 2.75) is 12.8 Å². The molecule has 0 bridgehead atoms. The first kappa shape index (κ1) is 16.9. The molecule has 1 aliphatic rings. The van der Waals surface area contributed by atoms with Crippen molar-refractivity contribution < 1.29 is 14.0 Å². The number of aromatic nitrogens is 1. The Morgan fingerprint density at radius 3 is 2.46 bits per heavy atom. The third-order valence-electron chi connectivity index (χ3n) is 4.72. The van der Waals surface area contributed by atoms with Crippen LogP contribution in [-0.2, 0) is 7.05 Å². The highest BCUT2D eigenvalue weighted by Gasteiger charge is 2.20. The van der Waals surface area contributed by atoms with Gasteiger partial charge in [0, 0.05) is 43.5 Å². The van der Waals surface area contributed by atoms with Crippen LogP contribution >= 0.6 is 15.9 Å². The highest BCUT2D eigenvalue weighted by atomic mass is 79.9. The molecule has 0 aliphatic carbocycles. The molecule has 4 rings (SSSR count). The number of halogens is 1. The number of rotatable bonds is 3. The molecule has 3 heterocycles. The van der Waals surface area contributed by atoms with Crippen molar-refractivity contribution in [3.05, 3.63) is 52.3 Å². The lowest BCUT2D eigenvalue weighted by Crippen LogP contribution is -2.27. The van der Waals surface area contributed by atoms with Crippen molar-refractivity contribution in [2.24, 2.45) is 7.05 Å². The number of hydrogen-bond donors (Lipinski definition) is 1. The van der Waals surface area contributed by atoms with Crippen LogP contribution < -0.4 is 5.32 Å². The Bertz CT molecular complexity index is 982. The Balaban J connectivity index is 1.49. The second kappa shape index (κ2) is 6.64. The third-order valence-corrected chi connectivity index (χ3v) is 5.11. The Labute approximate surface area is 158 Å². The second-order valence-electron chi connectivity index (χ2n) is 6.42. The number of carbonyl (C=O) groups excluding carboxylic acids is 2. The summed E-state index contributed by atoms with van der Waals surface area (Å²) in [5, 5.41) is 2.86. The summed E-state index contributed by atoms with van der Waals surface area (Å²) in [7, 11) is 1.82. The normalized spacial score (nSPS) is 14.2. The van der Waals surface area contributed by atoms with E-state index in [1.54, 1.807) is 34.9 Å². The smallest absolute Gasteiger partial charge is 0.272 e. The van der Waals surface area contributed by atoms with E-state index in [4.69, 9.17) is 4.42 Å². The summed E-state index contributed by atoms with van der Waals surface area (Å²) < 4.78 is 7.90. The number of nitrogens with one attached hydrogen (secondary N) is 1. The SMILES string of the molecule is Cn1c(C(=O)Nc2ccc(C(=O)N3CCCC3)cc2)cc2oc(Br)cc21. The van der Waals surface area contributed by atoms with Crippen LogP contribution in [0.3, 0.4) is 0 Å². The number of benzene rings is 1. The molecule has 0 spiro atoms. The quantitative estimate of drug-likeness (QED) is 0.702. The number of nitrogens with zero attached hydrogens (tertiary/aromatic N) is 2. The summed E-state index contributed by atoms with van der Waals surface area (Å²) in [5.41, 5.74) is 3.28. The maximum atomic E-state index is 12.6. The molecule has 2 amide bonds. The van der Waals surface area contributed by atoms with Crippen molar-refractivity contribution >= 4 is 44.5 Å². The summed E-state index contributed by atoms with van der Waals surface area (Å²) in [6.07, 6.45) is 2.13. The van der Waals surface area contributed by atoms with Crippen LogP contribution in [0.2, 0.25) is 0 Å². The predicted molar refractivity (Wildman–Crippen MR) is 102 cm³/mol. The zero-order valence-electron chi connectivity index (χ0n) is 14.3. The van der Waals surface area contributed by atoms with Gasteiger partial charge in [0.1, 0.15) is 5.69 Å². The molecular weight excluding hydrogens is 398 g/mol. The Morgan fingerprint density at radius 2 is 1.81 bits per heavy atom. The van der Waals surface area contributed by atoms with E-state index in [-0.39, 0.29) is 11.8 Å². The van der Waals surface area contributed by atoms with Gasteiger partial charge in [0.25, 0.3) is 11.8 Å². The molecule has 1 N–H and O–H groups in total. The summed E-state index contributed by atoms with van der Waals surface area (Å²) in [6, 6.07) is 10.6. The van der Waals surface area contributed by atoms with Gasteiger partial charge in [0.2, 0.25) is 0 Å². The zero-order valence-corrected chi connectivity index (χ0v) is 15.9. The molecule has 0 atom stereocenters. The molecule has 0 radical (unpaired) electrons. The van der Waals surface area contributed by atoms with E-state index in [2.05, 4.69) is 21.2 Å². The van der Waals surface area contributed by atoms with Crippen molar-refractivity contribution in [3.63, 3.8) is 0 Å². The summed E-state index contributed by atoms with van der Waals surface area (Å²) in [5.74, 6) is -0.178. The molecule has 1 fully saturated rings. The van der Waals surface area contributed by atoms with Crippen molar-refractivity contribution in [2.75, 3.05) is 18.4 Å². The lowest BCUT2D eigenvalue weighted by atomic mass is 10.2. The number of carbonyl (C=O) groups is 2. The van der Waals surface area contributed by atoms with Crippen molar-refractivity contribution in [1.82, 2.24) is 9.47 Å². The van der Waals surface area contributed by atoms with E-state index in [1.165, 1.54) is 0 Å². The van der Waals surface area contributed by atoms with E-state index in [9.17, 15) is 9.59 Å². The first-order valence-electron chi connectivity index (χ1n) is 8.48. The molecule has 7 heteroatoms. The molecular formula is C19H18BrN3O3. The van der Waals surface area contributed by atoms with Gasteiger partial charge in [0.05, 0.1) is 5.52 Å². The molecule has 1 aliphatic heterocycles. The van der Waals surface area contributed by atoms with Gasteiger partial charge in [-0.1, -0.05) is 0 Å². The Kier molecular flexibility index (Phi) is 4.32. The number of aryl methyl sites for hydroxylation is 1. The molecule has 134 valence electrons. The van der Waals surface area contributed by atoms with E-state index >= 15 is 0 Å². The number of furan rings is 1. The average molecular weight is 416 g/mol. The average Bonchev–Trinajstić information content (AvgIpc) is 3.33. The molecule has 1 aromatic carbocycles. The minimum atomic E-state index is -0.228. The van der Waals surface area contributed by atoms with E-state index in [1.807, 2.05) is 18.0 Å². The minimum absolute atomic E-state index is 0.0498. The maximum absolute atomic E-state index is 12.6.